The number of nitrogens with zero attached hydrogens (tertiary/aromatic N) is 7. The lowest BCUT2D eigenvalue weighted by Crippen LogP contribution is -2.71. The van der Waals surface area contributed by atoms with Crippen molar-refractivity contribution in [2.45, 2.75) is 56.2 Å². The molecule has 6 rings (SSSR count). The van der Waals surface area contributed by atoms with Crippen LogP contribution >= 0.6 is 23.3 Å². The van der Waals surface area contributed by atoms with Gasteiger partial charge >= 0.3 is 11.6 Å². The molecule has 2 amide bonds. The molecule has 0 spiro atoms. The number of anilines is 1. The number of carboxylic acid groups (broad SMARTS) is 1. The Labute approximate surface area is 236 Å². The van der Waals surface area contributed by atoms with Crippen molar-refractivity contribution in [1.82, 2.24) is 29.2 Å². The molecular weight excluding hydrogens is 558 g/mol. The van der Waals surface area contributed by atoms with Gasteiger partial charge in [-0.3, -0.25) is 14.5 Å². The van der Waals surface area contributed by atoms with E-state index >= 15 is 0 Å². The van der Waals surface area contributed by atoms with E-state index in [0.717, 1.165) is 42.9 Å². The van der Waals surface area contributed by atoms with Crippen LogP contribution in [0.2, 0.25) is 0 Å². The van der Waals surface area contributed by atoms with Gasteiger partial charge in [0.25, 0.3) is 11.8 Å². The summed E-state index contributed by atoms with van der Waals surface area (Å²) in [5, 5.41) is 20.7. The van der Waals surface area contributed by atoms with Gasteiger partial charge < -0.3 is 21.0 Å². The number of carboxylic acids is 1. The average molecular weight is 585 g/mol. The van der Waals surface area contributed by atoms with Crippen LogP contribution in [0.25, 0.3) is 5.65 Å². The number of carbonyl (C=O) groups excluding carboxylic acids is 2. The van der Waals surface area contributed by atoms with Gasteiger partial charge in [-0.25, -0.2) is 9.36 Å². The van der Waals surface area contributed by atoms with E-state index in [1.165, 1.54) is 16.7 Å². The maximum Gasteiger partial charge on any atom is 0.352 e. The molecule has 2 fully saturated rings. The van der Waals surface area contributed by atoms with Crippen molar-refractivity contribution in [2.75, 3.05) is 11.5 Å². The van der Waals surface area contributed by atoms with E-state index in [0.29, 0.717) is 11.3 Å². The molecule has 0 radical (unpaired) electrons. The molecular formula is C24H26N9O5S2+. The van der Waals surface area contributed by atoms with Crippen molar-refractivity contribution in [3.63, 3.8) is 0 Å². The first-order valence-electron chi connectivity index (χ1n) is 12.6. The highest BCUT2D eigenvalue weighted by Crippen LogP contribution is 2.40. The minimum atomic E-state index is -1.21. The number of nitrogen functional groups attached to an aromatic ring is 1. The molecule has 3 aromatic rings. The van der Waals surface area contributed by atoms with E-state index < -0.39 is 34.8 Å². The lowest BCUT2D eigenvalue weighted by atomic mass is 10.0. The van der Waals surface area contributed by atoms with Crippen molar-refractivity contribution in [2.24, 2.45) is 5.16 Å². The Morgan fingerprint density at radius 3 is 2.90 bits per heavy atom. The summed E-state index contributed by atoms with van der Waals surface area (Å²) in [6.45, 7) is 2.20. The molecule has 3 aromatic heterocycles. The molecule has 40 heavy (non-hydrogen) atoms. The van der Waals surface area contributed by atoms with Crippen LogP contribution in [-0.4, -0.2) is 75.2 Å². The zero-order valence-electron chi connectivity index (χ0n) is 21.4. The van der Waals surface area contributed by atoms with E-state index in [4.69, 9.17) is 10.6 Å². The molecule has 0 aromatic carbocycles. The minimum absolute atomic E-state index is 0.00115. The third-order valence-electron chi connectivity index (χ3n) is 7.22. The number of nitrogens with one attached hydrogen (secondary N) is 1. The van der Waals surface area contributed by atoms with E-state index in [2.05, 4.69) is 24.9 Å². The number of carbonyl (C=O) groups is 3. The first-order valence-corrected chi connectivity index (χ1v) is 14.4. The number of hydrogen-bond donors (Lipinski definition) is 3. The lowest BCUT2D eigenvalue weighted by molar-refractivity contribution is -0.662. The van der Waals surface area contributed by atoms with E-state index in [-0.39, 0.29) is 28.9 Å². The number of aliphatic carboxylic acids is 1. The van der Waals surface area contributed by atoms with Crippen molar-refractivity contribution >= 4 is 57.6 Å². The molecule has 0 unspecified atom stereocenters. The molecule has 3 aliphatic rings. The topological polar surface area (TPSA) is 181 Å². The standard InChI is InChI=1S/C24H25N9O5S2/c1-24(6-2-3-7-24)38-29-15(18-28-23(25)40-30-18)19(34)27-16-20(35)33-17(22(36)37)13(12-39-21(16)33)11-31-9-10-32-14(31)5-4-8-26-32/h4-5,8-10,16,21H,2-3,6-7,11-12H2,1H3,(H3-,25,27,28,30,34,36,37)/p+1/b29-15-/t16-,21-/m1/s1. The Bertz CT molecular complexity index is 1580. The van der Waals surface area contributed by atoms with Crippen LogP contribution in [-0.2, 0) is 25.8 Å². The van der Waals surface area contributed by atoms with Gasteiger partial charge in [-0.15, -0.1) is 16.3 Å². The number of fused-ring (bicyclic) bond motifs is 2. The molecule has 1 saturated carbocycles. The number of thioether (sulfide) groups is 1. The lowest BCUT2D eigenvalue weighted by Gasteiger charge is -2.49. The van der Waals surface area contributed by atoms with E-state index in [1.54, 1.807) is 29.2 Å². The van der Waals surface area contributed by atoms with Gasteiger partial charge in [-0.05, 0) is 38.7 Å². The minimum Gasteiger partial charge on any atom is -0.477 e. The third-order valence-corrected chi connectivity index (χ3v) is 9.11. The van der Waals surface area contributed by atoms with Crippen molar-refractivity contribution in [3.8, 4) is 0 Å². The summed E-state index contributed by atoms with van der Waals surface area (Å²) < 4.78 is 7.65. The third kappa shape index (κ3) is 4.66. The Balaban J connectivity index is 1.22. The summed E-state index contributed by atoms with van der Waals surface area (Å²) in [5.74, 6) is -2.07. The zero-order valence-corrected chi connectivity index (χ0v) is 23.0. The van der Waals surface area contributed by atoms with Crippen molar-refractivity contribution in [3.05, 3.63) is 47.8 Å². The summed E-state index contributed by atoms with van der Waals surface area (Å²) in [4.78, 5) is 50.0. The van der Waals surface area contributed by atoms with Gasteiger partial charge in [0.05, 0.1) is 6.20 Å². The van der Waals surface area contributed by atoms with Gasteiger partial charge in [-0.1, -0.05) is 10.3 Å². The predicted octanol–water partition coefficient (Wildman–Crippen LogP) is 0.548. The molecule has 14 nitrogen and oxygen atoms in total. The molecule has 5 heterocycles. The first kappa shape index (κ1) is 26.2. The van der Waals surface area contributed by atoms with Crippen LogP contribution in [0.15, 0.2) is 47.1 Å². The number of imidazole rings is 1. The number of amides is 2. The summed E-state index contributed by atoms with van der Waals surface area (Å²) in [6.07, 6.45) is 8.83. The van der Waals surface area contributed by atoms with Crippen LogP contribution in [0.1, 0.15) is 38.4 Å². The fourth-order valence-electron chi connectivity index (χ4n) is 5.18. The maximum absolute atomic E-state index is 13.3. The summed E-state index contributed by atoms with van der Waals surface area (Å²) in [6, 6.07) is 2.71. The monoisotopic (exact) mass is 584 g/mol. The fourth-order valence-corrected chi connectivity index (χ4v) is 6.95. The second-order valence-electron chi connectivity index (χ2n) is 10.0. The molecule has 208 valence electrons. The smallest absolute Gasteiger partial charge is 0.352 e. The van der Waals surface area contributed by atoms with Crippen LogP contribution in [0.4, 0.5) is 5.13 Å². The van der Waals surface area contributed by atoms with Gasteiger partial charge in [0.1, 0.15) is 35.5 Å². The van der Waals surface area contributed by atoms with Gasteiger partial charge in [0.15, 0.2) is 11.3 Å². The Hall–Kier alpha value is -4.05. The molecule has 1 saturated heterocycles. The summed E-state index contributed by atoms with van der Waals surface area (Å²) in [7, 11) is 0. The zero-order chi connectivity index (χ0) is 28.0. The summed E-state index contributed by atoms with van der Waals surface area (Å²) in [5.41, 5.74) is 6.32. The SMILES string of the molecule is CC1(O/N=C(\C(=O)N[C@@H]2C(=O)N3C(C(=O)O)=C(C[n+]4ccn5ncccc54)CS[C@H]23)c2nsc(N)n2)CCCC1. The van der Waals surface area contributed by atoms with Gasteiger partial charge in [0, 0.05) is 28.9 Å². The van der Waals surface area contributed by atoms with E-state index in [1.807, 2.05) is 17.6 Å². The largest absolute Gasteiger partial charge is 0.477 e. The molecule has 2 aliphatic heterocycles. The van der Waals surface area contributed by atoms with Crippen LogP contribution in [0.3, 0.4) is 0 Å². The van der Waals surface area contributed by atoms with Crippen LogP contribution in [0, 0.1) is 0 Å². The summed E-state index contributed by atoms with van der Waals surface area (Å²) >= 11 is 2.29. The highest BCUT2D eigenvalue weighted by molar-refractivity contribution is 8.00. The number of hydrogen-bond acceptors (Lipinski definition) is 11. The molecule has 2 atom stereocenters. The number of nitrogens with two attached hydrogens (primary N) is 1. The highest BCUT2D eigenvalue weighted by atomic mass is 32.2. The second kappa shape index (κ2) is 10.2. The number of aromatic nitrogens is 5. The highest BCUT2D eigenvalue weighted by Gasteiger charge is 2.54. The fraction of sp³-hybridized carbons (Fsp3) is 0.417. The Kier molecular flexibility index (Phi) is 6.66. The Morgan fingerprint density at radius 2 is 2.17 bits per heavy atom. The molecule has 0 bridgehead atoms. The quantitative estimate of drug-likeness (QED) is 0.146. The van der Waals surface area contributed by atoms with Crippen LogP contribution in [0.5, 0.6) is 0 Å². The second-order valence-corrected chi connectivity index (χ2v) is 11.9. The number of oxime groups is 1. The maximum atomic E-state index is 13.3. The van der Waals surface area contributed by atoms with E-state index in [9.17, 15) is 19.5 Å². The number of β-lactam (4-membered cyclic amide) rings is 1. The van der Waals surface area contributed by atoms with Crippen LogP contribution < -0.4 is 15.6 Å². The Morgan fingerprint density at radius 1 is 1.38 bits per heavy atom. The molecule has 1 aliphatic carbocycles. The average Bonchev–Trinajstić information content (AvgIpc) is 3.67. The number of rotatable bonds is 8. The predicted molar refractivity (Wildman–Crippen MR) is 144 cm³/mol. The molecule has 4 N–H and O–H groups in total. The molecule has 16 heteroatoms. The normalized spacial score (nSPS) is 22.3. The first-order chi connectivity index (χ1) is 19.2. The van der Waals surface area contributed by atoms with Gasteiger partial charge in [-0.2, -0.15) is 9.36 Å². The van der Waals surface area contributed by atoms with Crippen molar-refractivity contribution < 1.29 is 28.9 Å². The van der Waals surface area contributed by atoms with Crippen molar-refractivity contribution in [1.29, 1.82) is 0 Å². The van der Waals surface area contributed by atoms with Gasteiger partial charge in [0.2, 0.25) is 11.5 Å².